The van der Waals surface area contributed by atoms with E-state index >= 15 is 0 Å². The van der Waals surface area contributed by atoms with Gasteiger partial charge in [0.25, 0.3) is 0 Å². The smallest absolute Gasteiger partial charge is 0.0534 e. The number of nitrogens with zero attached hydrogens (tertiary/aromatic N) is 2. The van der Waals surface area contributed by atoms with E-state index in [0.717, 1.165) is 13.1 Å². The normalized spacial score (nSPS) is 10.7. The van der Waals surface area contributed by atoms with Crippen LogP contribution < -0.4 is 5.32 Å². The van der Waals surface area contributed by atoms with Crippen LogP contribution in [0.5, 0.6) is 0 Å². The van der Waals surface area contributed by atoms with Crippen molar-refractivity contribution in [2.24, 2.45) is 7.05 Å². The first-order chi connectivity index (χ1) is 6.83. The second-order valence-corrected chi connectivity index (χ2v) is 4.53. The molecule has 1 rings (SSSR count). The molecule has 0 aliphatic heterocycles. The molecule has 0 atom stereocenters. The van der Waals surface area contributed by atoms with Crippen molar-refractivity contribution in [3.8, 4) is 0 Å². The molecule has 0 unspecified atom stereocenters. The molecular weight excluding hydrogens is 289 g/mol. The van der Waals surface area contributed by atoms with Gasteiger partial charge in [-0.05, 0) is 23.8 Å². The van der Waals surface area contributed by atoms with E-state index in [2.05, 4.69) is 39.2 Å². The van der Waals surface area contributed by atoms with Gasteiger partial charge in [-0.15, -0.1) is 0 Å². The van der Waals surface area contributed by atoms with E-state index in [1.165, 1.54) is 29.3 Å². The Morgan fingerprint density at radius 1 is 1.43 bits per heavy atom. The van der Waals surface area contributed by atoms with E-state index in [1.54, 1.807) is 0 Å². The summed E-state index contributed by atoms with van der Waals surface area (Å²) in [7, 11) is 1.95. The molecule has 0 bridgehead atoms. The van der Waals surface area contributed by atoms with Gasteiger partial charge in [-0.25, -0.2) is 0 Å². The molecule has 1 heterocycles. The Bertz CT molecular complexity index is 247. The summed E-state index contributed by atoms with van der Waals surface area (Å²) < 4.78 is 3.12. The molecule has 1 aromatic heterocycles. The van der Waals surface area contributed by atoms with Crippen LogP contribution in [0.3, 0.4) is 0 Å². The Morgan fingerprint density at radius 2 is 2.29 bits per heavy atom. The van der Waals surface area contributed by atoms with Crippen LogP contribution in [0.1, 0.15) is 24.8 Å². The lowest BCUT2D eigenvalue weighted by atomic mass is 10.2. The fraction of sp³-hybridized carbons (Fsp3) is 0.700. The van der Waals surface area contributed by atoms with Crippen molar-refractivity contribution in [1.82, 2.24) is 15.1 Å². The zero-order valence-electron chi connectivity index (χ0n) is 8.67. The van der Waals surface area contributed by atoms with Crippen LogP contribution in [0.25, 0.3) is 0 Å². The van der Waals surface area contributed by atoms with Crippen LogP contribution >= 0.6 is 22.6 Å². The summed E-state index contributed by atoms with van der Waals surface area (Å²) in [6.07, 6.45) is 7.93. The highest BCUT2D eigenvalue weighted by Crippen LogP contribution is 1.99. The summed E-state index contributed by atoms with van der Waals surface area (Å²) in [5.41, 5.74) is 1.27. The van der Waals surface area contributed by atoms with Crippen LogP contribution in [0.2, 0.25) is 0 Å². The number of hydrogen-bond donors (Lipinski definition) is 1. The number of unbranched alkanes of at least 4 members (excludes halogenated alkanes) is 2. The average molecular weight is 307 g/mol. The van der Waals surface area contributed by atoms with Crippen LogP contribution in [0.15, 0.2) is 12.4 Å². The van der Waals surface area contributed by atoms with Crippen molar-refractivity contribution in [2.45, 2.75) is 25.8 Å². The van der Waals surface area contributed by atoms with Gasteiger partial charge in [-0.2, -0.15) is 5.10 Å². The lowest BCUT2D eigenvalue weighted by Crippen LogP contribution is -2.14. The third-order valence-corrected chi connectivity index (χ3v) is 2.84. The lowest BCUT2D eigenvalue weighted by Gasteiger charge is -2.01. The molecular formula is C10H18IN3. The second kappa shape index (κ2) is 7.23. The zero-order chi connectivity index (χ0) is 10.2. The standard InChI is InChI=1S/C10H18IN3/c1-14-9-10(8-13-14)7-12-6-4-2-3-5-11/h8-9,12H,2-7H2,1H3. The Kier molecular flexibility index (Phi) is 6.18. The maximum absolute atomic E-state index is 4.12. The molecule has 0 aromatic carbocycles. The van der Waals surface area contributed by atoms with Gasteiger partial charge < -0.3 is 5.32 Å². The van der Waals surface area contributed by atoms with Crippen molar-refractivity contribution in [1.29, 1.82) is 0 Å². The van der Waals surface area contributed by atoms with Crippen LogP contribution in [-0.4, -0.2) is 20.8 Å². The number of halogens is 1. The van der Waals surface area contributed by atoms with Gasteiger partial charge in [0.15, 0.2) is 0 Å². The minimum absolute atomic E-state index is 0.943. The first-order valence-electron chi connectivity index (χ1n) is 5.07. The van der Waals surface area contributed by atoms with E-state index in [-0.39, 0.29) is 0 Å². The van der Waals surface area contributed by atoms with E-state index in [4.69, 9.17) is 0 Å². The highest BCUT2D eigenvalue weighted by atomic mass is 127. The quantitative estimate of drug-likeness (QED) is 0.475. The Hall–Kier alpha value is -0.100. The molecule has 0 aliphatic rings. The summed E-state index contributed by atoms with van der Waals surface area (Å²) >= 11 is 2.43. The fourth-order valence-corrected chi connectivity index (χ4v) is 1.86. The van der Waals surface area contributed by atoms with Crippen molar-refractivity contribution in [2.75, 3.05) is 11.0 Å². The molecule has 0 radical (unpaired) electrons. The summed E-state index contributed by atoms with van der Waals surface area (Å²) in [4.78, 5) is 0. The van der Waals surface area contributed by atoms with E-state index in [1.807, 2.05) is 17.9 Å². The first kappa shape index (κ1) is 12.0. The minimum atomic E-state index is 0.943. The molecule has 4 heteroatoms. The molecule has 0 fully saturated rings. The third-order valence-electron chi connectivity index (χ3n) is 2.07. The number of aryl methyl sites for hydroxylation is 1. The van der Waals surface area contributed by atoms with Gasteiger partial charge in [-0.3, -0.25) is 4.68 Å². The molecule has 0 saturated heterocycles. The minimum Gasteiger partial charge on any atom is -0.313 e. The van der Waals surface area contributed by atoms with E-state index in [9.17, 15) is 0 Å². The number of aromatic nitrogens is 2. The Labute approximate surface area is 99.4 Å². The summed E-state index contributed by atoms with van der Waals surface area (Å²) in [5.74, 6) is 0. The van der Waals surface area contributed by atoms with Crippen molar-refractivity contribution in [3.63, 3.8) is 0 Å². The highest BCUT2D eigenvalue weighted by Gasteiger charge is 1.94. The van der Waals surface area contributed by atoms with Gasteiger partial charge in [0.05, 0.1) is 6.20 Å². The van der Waals surface area contributed by atoms with Crippen LogP contribution in [0.4, 0.5) is 0 Å². The summed E-state index contributed by atoms with van der Waals surface area (Å²) in [6.45, 7) is 2.06. The maximum atomic E-state index is 4.12. The number of alkyl halides is 1. The average Bonchev–Trinajstić information content (AvgIpc) is 2.58. The van der Waals surface area contributed by atoms with Crippen molar-refractivity contribution >= 4 is 22.6 Å². The zero-order valence-corrected chi connectivity index (χ0v) is 10.8. The van der Waals surface area contributed by atoms with Crippen LogP contribution in [0, 0.1) is 0 Å². The number of nitrogens with one attached hydrogen (secondary N) is 1. The molecule has 3 nitrogen and oxygen atoms in total. The number of rotatable bonds is 7. The van der Waals surface area contributed by atoms with Crippen LogP contribution in [-0.2, 0) is 13.6 Å². The molecule has 0 amide bonds. The SMILES string of the molecule is Cn1cc(CNCCCCCI)cn1. The summed E-state index contributed by atoms with van der Waals surface area (Å²) in [5, 5.41) is 7.54. The number of hydrogen-bond acceptors (Lipinski definition) is 2. The molecule has 0 spiro atoms. The Balaban J connectivity index is 1.99. The van der Waals surface area contributed by atoms with Crippen molar-refractivity contribution in [3.05, 3.63) is 18.0 Å². The maximum Gasteiger partial charge on any atom is 0.0534 e. The predicted molar refractivity (Wildman–Crippen MR) is 67.7 cm³/mol. The highest BCUT2D eigenvalue weighted by molar-refractivity contribution is 14.1. The van der Waals surface area contributed by atoms with Gasteiger partial charge in [0.1, 0.15) is 0 Å². The fourth-order valence-electron chi connectivity index (χ4n) is 1.32. The monoisotopic (exact) mass is 307 g/mol. The topological polar surface area (TPSA) is 29.9 Å². The van der Waals surface area contributed by atoms with Crippen molar-refractivity contribution < 1.29 is 0 Å². The predicted octanol–water partition coefficient (Wildman–Crippen LogP) is 2.12. The van der Waals surface area contributed by atoms with Gasteiger partial charge in [-0.1, -0.05) is 29.0 Å². The third kappa shape index (κ3) is 4.95. The summed E-state index contributed by atoms with van der Waals surface area (Å²) in [6, 6.07) is 0. The largest absolute Gasteiger partial charge is 0.313 e. The van der Waals surface area contributed by atoms with E-state index in [0.29, 0.717) is 0 Å². The molecule has 0 aliphatic carbocycles. The molecule has 1 N–H and O–H groups in total. The molecule has 14 heavy (non-hydrogen) atoms. The van der Waals surface area contributed by atoms with E-state index < -0.39 is 0 Å². The first-order valence-corrected chi connectivity index (χ1v) is 6.59. The van der Waals surface area contributed by atoms with Gasteiger partial charge >= 0.3 is 0 Å². The van der Waals surface area contributed by atoms with Gasteiger partial charge in [0, 0.05) is 25.4 Å². The molecule has 1 aromatic rings. The van der Waals surface area contributed by atoms with Gasteiger partial charge in [0.2, 0.25) is 0 Å². The lowest BCUT2D eigenvalue weighted by molar-refractivity contribution is 0.619. The molecule has 80 valence electrons. The Morgan fingerprint density at radius 3 is 2.93 bits per heavy atom. The molecule has 0 saturated carbocycles. The second-order valence-electron chi connectivity index (χ2n) is 3.45.